The van der Waals surface area contributed by atoms with Crippen LogP contribution in [0.4, 0.5) is 11.5 Å². The maximum Gasteiger partial charge on any atom is 0.250 e. The predicted molar refractivity (Wildman–Crippen MR) is 107 cm³/mol. The van der Waals surface area contributed by atoms with E-state index >= 15 is 0 Å². The number of carbonyl (C=O) groups excluding carboxylic acids is 1. The van der Waals surface area contributed by atoms with Crippen molar-refractivity contribution >= 4 is 40.2 Å². The van der Waals surface area contributed by atoms with E-state index in [2.05, 4.69) is 20.3 Å². The Morgan fingerprint density at radius 1 is 1.29 bits per heavy atom. The normalized spacial score (nSPS) is 16.1. The Hall–Kier alpha value is -2.87. The van der Waals surface area contributed by atoms with E-state index in [0.29, 0.717) is 35.4 Å². The van der Waals surface area contributed by atoms with Gasteiger partial charge in [-0.05, 0) is 36.6 Å². The van der Waals surface area contributed by atoms with Gasteiger partial charge in [-0.1, -0.05) is 25.3 Å². The van der Waals surface area contributed by atoms with Gasteiger partial charge in [0, 0.05) is 11.8 Å². The van der Waals surface area contributed by atoms with Crippen LogP contribution in [0.25, 0.3) is 11.2 Å². The van der Waals surface area contributed by atoms with Gasteiger partial charge in [-0.3, -0.25) is 9.36 Å². The minimum atomic E-state index is -0.819. The third-order valence-electron chi connectivity index (χ3n) is 5.29. The van der Waals surface area contributed by atoms with Gasteiger partial charge in [0.1, 0.15) is 16.8 Å². The number of hydrogen-bond acceptors (Lipinski definition) is 6. The predicted octanol–water partition coefficient (Wildman–Crippen LogP) is 3.37. The van der Waals surface area contributed by atoms with E-state index in [1.807, 2.05) is 18.2 Å². The molecule has 1 saturated carbocycles. The molecule has 1 amide bonds. The second-order valence-corrected chi connectivity index (χ2v) is 7.28. The third-order valence-corrected chi connectivity index (χ3v) is 5.46. The smallest absolute Gasteiger partial charge is 0.250 e. The van der Waals surface area contributed by atoms with Crippen LogP contribution in [0.5, 0.6) is 5.75 Å². The fraction of sp³-hybridized carbons (Fsp3) is 0.368. The summed E-state index contributed by atoms with van der Waals surface area (Å²) in [5.41, 5.74) is 6.72. The number of nitrogens with two attached hydrogens (primary N) is 1. The summed E-state index contributed by atoms with van der Waals surface area (Å²) in [6.45, 7) is 0. The summed E-state index contributed by atoms with van der Waals surface area (Å²) in [6.07, 6.45) is 5.91. The Bertz CT molecular complexity index is 1030. The van der Waals surface area contributed by atoms with E-state index in [-0.39, 0.29) is 17.0 Å². The average Bonchev–Trinajstić information content (AvgIpc) is 3.13. The van der Waals surface area contributed by atoms with Crippen LogP contribution >= 0.6 is 11.6 Å². The van der Waals surface area contributed by atoms with E-state index in [0.717, 1.165) is 19.3 Å². The van der Waals surface area contributed by atoms with Crippen LogP contribution in [0.2, 0.25) is 5.28 Å². The summed E-state index contributed by atoms with van der Waals surface area (Å²) in [7, 11) is 1.59. The standard InChI is InChI=1S/C19H21ClN6O2/c1-28-13-7-5-6-12(10-13)23-17(27)19(8-3-2-4-9-19)26-11-22-14-15(21)24-18(20)25-16(14)26/h5-7,10-11H,2-4,8-9H2,1H3,(H,23,27)(H2,21,24,25). The second kappa shape index (κ2) is 7.27. The highest BCUT2D eigenvalue weighted by Gasteiger charge is 2.42. The van der Waals surface area contributed by atoms with Crippen LogP contribution < -0.4 is 15.8 Å². The molecule has 0 radical (unpaired) electrons. The first kappa shape index (κ1) is 18.5. The number of carbonyl (C=O) groups is 1. The van der Waals surface area contributed by atoms with Crippen molar-refractivity contribution in [1.82, 2.24) is 19.5 Å². The summed E-state index contributed by atoms with van der Waals surface area (Å²) in [5, 5.41) is 3.07. The largest absolute Gasteiger partial charge is 0.497 e. The summed E-state index contributed by atoms with van der Waals surface area (Å²) in [5.74, 6) is 0.761. The van der Waals surface area contributed by atoms with Gasteiger partial charge in [0.05, 0.1) is 13.4 Å². The summed E-state index contributed by atoms with van der Waals surface area (Å²) < 4.78 is 7.06. The van der Waals surface area contributed by atoms with Crippen molar-refractivity contribution in [3.8, 4) is 5.75 Å². The topological polar surface area (TPSA) is 108 Å². The summed E-state index contributed by atoms with van der Waals surface area (Å²) in [4.78, 5) is 26.1. The van der Waals surface area contributed by atoms with E-state index in [9.17, 15) is 4.79 Å². The molecule has 0 aliphatic heterocycles. The minimum Gasteiger partial charge on any atom is -0.497 e. The molecule has 2 heterocycles. The molecule has 2 aromatic heterocycles. The van der Waals surface area contributed by atoms with Crippen LogP contribution in [0.3, 0.4) is 0 Å². The molecule has 1 aliphatic rings. The van der Waals surface area contributed by atoms with Crippen LogP contribution in [0.15, 0.2) is 30.6 Å². The molecule has 8 nitrogen and oxygen atoms in total. The molecule has 4 rings (SSSR count). The van der Waals surface area contributed by atoms with Crippen LogP contribution in [-0.2, 0) is 10.3 Å². The first-order chi connectivity index (χ1) is 13.5. The molecule has 28 heavy (non-hydrogen) atoms. The van der Waals surface area contributed by atoms with Crippen molar-refractivity contribution in [3.63, 3.8) is 0 Å². The molecule has 0 unspecified atom stereocenters. The molecule has 9 heteroatoms. The molecule has 1 fully saturated rings. The van der Waals surface area contributed by atoms with Gasteiger partial charge in [-0.25, -0.2) is 4.98 Å². The lowest BCUT2D eigenvalue weighted by atomic mass is 9.80. The number of ether oxygens (including phenoxy) is 1. The second-order valence-electron chi connectivity index (χ2n) is 6.94. The number of nitrogen functional groups attached to an aromatic ring is 1. The number of fused-ring (bicyclic) bond motifs is 1. The SMILES string of the molecule is COc1cccc(NC(=O)C2(n3cnc4c(N)nc(Cl)nc43)CCCCC2)c1. The molecule has 0 atom stereocenters. The van der Waals surface area contributed by atoms with Gasteiger partial charge < -0.3 is 15.8 Å². The molecule has 0 saturated heterocycles. The molecule has 1 aromatic carbocycles. The third kappa shape index (κ3) is 3.13. The van der Waals surface area contributed by atoms with E-state index in [1.165, 1.54) is 0 Å². The number of anilines is 2. The quantitative estimate of drug-likeness (QED) is 0.650. The zero-order chi connectivity index (χ0) is 19.7. The van der Waals surface area contributed by atoms with Crippen molar-refractivity contribution in [2.75, 3.05) is 18.2 Å². The van der Waals surface area contributed by atoms with Gasteiger partial charge in [0.25, 0.3) is 5.91 Å². The number of nitrogens with one attached hydrogen (secondary N) is 1. The molecule has 0 bridgehead atoms. The van der Waals surface area contributed by atoms with E-state index < -0.39 is 5.54 Å². The molecule has 146 valence electrons. The number of halogens is 1. The lowest BCUT2D eigenvalue weighted by Gasteiger charge is -2.37. The van der Waals surface area contributed by atoms with Crippen molar-refractivity contribution in [2.45, 2.75) is 37.6 Å². The Morgan fingerprint density at radius 2 is 2.07 bits per heavy atom. The summed E-state index contributed by atoms with van der Waals surface area (Å²) >= 11 is 6.02. The molecular formula is C19H21ClN6O2. The molecule has 3 N–H and O–H groups in total. The van der Waals surface area contributed by atoms with Crippen LogP contribution in [0.1, 0.15) is 32.1 Å². The number of imidazole rings is 1. The Labute approximate surface area is 167 Å². The maximum absolute atomic E-state index is 13.5. The molecule has 3 aromatic rings. The Kier molecular flexibility index (Phi) is 4.80. The zero-order valence-corrected chi connectivity index (χ0v) is 16.2. The highest BCUT2D eigenvalue weighted by Crippen LogP contribution is 2.38. The zero-order valence-electron chi connectivity index (χ0n) is 15.5. The van der Waals surface area contributed by atoms with E-state index in [1.54, 1.807) is 24.1 Å². The number of methoxy groups -OCH3 is 1. The lowest BCUT2D eigenvalue weighted by molar-refractivity contribution is -0.126. The minimum absolute atomic E-state index is 0.0333. The first-order valence-corrected chi connectivity index (χ1v) is 9.53. The van der Waals surface area contributed by atoms with Crippen molar-refractivity contribution in [2.24, 2.45) is 0 Å². The molecular weight excluding hydrogens is 380 g/mol. The van der Waals surface area contributed by atoms with Gasteiger partial charge in [-0.2, -0.15) is 9.97 Å². The highest BCUT2D eigenvalue weighted by atomic mass is 35.5. The monoisotopic (exact) mass is 400 g/mol. The van der Waals surface area contributed by atoms with Gasteiger partial charge >= 0.3 is 0 Å². The molecule has 0 spiro atoms. The Balaban J connectivity index is 1.78. The summed E-state index contributed by atoms with van der Waals surface area (Å²) in [6, 6.07) is 7.29. The fourth-order valence-corrected chi connectivity index (χ4v) is 4.04. The number of rotatable bonds is 4. The number of hydrogen-bond donors (Lipinski definition) is 2. The lowest BCUT2D eigenvalue weighted by Crippen LogP contribution is -2.46. The van der Waals surface area contributed by atoms with Gasteiger partial charge in [-0.15, -0.1) is 0 Å². The highest BCUT2D eigenvalue weighted by molar-refractivity contribution is 6.28. The fourth-order valence-electron chi connectivity index (χ4n) is 3.87. The number of benzene rings is 1. The van der Waals surface area contributed by atoms with Crippen LogP contribution in [-0.4, -0.2) is 32.5 Å². The number of amides is 1. The van der Waals surface area contributed by atoms with Crippen LogP contribution in [0, 0.1) is 0 Å². The number of nitrogens with zero attached hydrogens (tertiary/aromatic N) is 4. The average molecular weight is 401 g/mol. The van der Waals surface area contributed by atoms with Crippen molar-refractivity contribution in [1.29, 1.82) is 0 Å². The maximum atomic E-state index is 13.5. The van der Waals surface area contributed by atoms with Crippen molar-refractivity contribution in [3.05, 3.63) is 35.9 Å². The number of aromatic nitrogens is 4. The van der Waals surface area contributed by atoms with E-state index in [4.69, 9.17) is 22.1 Å². The first-order valence-electron chi connectivity index (χ1n) is 9.15. The van der Waals surface area contributed by atoms with Gasteiger partial charge in [0.15, 0.2) is 11.5 Å². The van der Waals surface area contributed by atoms with Crippen molar-refractivity contribution < 1.29 is 9.53 Å². The van der Waals surface area contributed by atoms with Gasteiger partial charge in [0.2, 0.25) is 5.28 Å². The molecule has 1 aliphatic carbocycles. The Morgan fingerprint density at radius 3 is 2.82 bits per heavy atom.